The monoisotopic (exact) mass is 362 g/mol. The van der Waals surface area contributed by atoms with Gasteiger partial charge < -0.3 is 9.47 Å². The maximum atomic E-state index is 12.2. The number of carbonyl (C=O) groups excluding carboxylic acids is 1. The molecule has 2 heterocycles. The topological polar surface area (TPSA) is 85.4 Å². The molecule has 3 rings (SSSR count). The van der Waals surface area contributed by atoms with Crippen molar-refractivity contribution in [2.24, 2.45) is 0 Å². The Morgan fingerprint density at radius 2 is 1.88 bits per heavy atom. The van der Waals surface area contributed by atoms with Crippen molar-refractivity contribution in [3.05, 3.63) is 40.2 Å². The van der Waals surface area contributed by atoms with Crippen molar-refractivity contribution in [3.8, 4) is 11.5 Å². The van der Waals surface area contributed by atoms with E-state index in [1.807, 2.05) is 19.9 Å². The molecule has 2 aromatic rings. The maximum absolute atomic E-state index is 12.2. The van der Waals surface area contributed by atoms with E-state index in [0.29, 0.717) is 35.7 Å². The van der Waals surface area contributed by atoms with Crippen LogP contribution in [0.1, 0.15) is 23.4 Å². The number of fused-ring (bicyclic) bond motifs is 1. The van der Waals surface area contributed by atoms with Crippen LogP contribution in [0.25, 0.3) is 0 Å². The van der Waals surface area contributed by atoms with Crippen molar-refractivity contribution in [1.82, 2.24) is 15.4 Å². The number of aromatic nitrogens is 2. The second-order valence-electron chi connectivity index (χ2n) is 5.78. The number of hydrogen-bond acceptors (Lipinski definition) is 6. The number of nitrogens with zero attached hydrogens (tertiary/aromatic N) is 2. The highest BCUT2D eigenvalue weighted by Gasteiger charge is 2.16. The van der Waals surface area contributed by atoms with Gasteiger partial charge >= 0.3 is 0 Å². The summed E-state index contributed by atoms with van der Waals surface area (Å²) >= 11 is 6.24. The summed E-state index contributed by atoms with van der Waals surface area (Å²) in [6.45, 7) is 4.85. The minimum absolute atomic E-state index is 0.133. The normalized spacial score (nSPS) is 13.1. The lowest BCUT2D eigenvalue weighted by atomic mass is 10.1. The van der Waals surface area contributed by atoms with Crippen LogP contribution in [-0.4, -0.2) is 29.1 Å². The van der Waals surface area contributed by atoms with Gasteiger partial charge in [-0.3, -0.25) is 15.6 Å². The van der Waals surface area contributed by atoms with Gasteiger partial charge in [-0.1, -0.05) is 11.6 Å². The molecule has 0 spiro atoms. The van der Waals surface area contributed by atoms with E-state index in [1.165, 1.54) is 0 Å². The van der Waals surface area contributed by atoms with Crippen molar-refractivity contribution in [1.29, 1.82) is 0 Å². The minimum atomic E-state index is -0.242. The summed E-state index contributed by atoms with van der Waals surface area (Å²) in [6, 6.07) is 5.34. The molecule has 8 heteroatoms. The number of nitrogens with one attached hydrogen (secondary N) is 2. The number of hydrogen-bond donors (Lipinski definition) is 2. The Kier molecular flexibility index (Phi) is 5.23. The number of aryl methyl sites for hydroxylation is 2. The standard InChI is InChI=1S/C17H19ClN4O3/c1-10-6-11(2)20-17(19-10)22-21-15(23)9-12-7-13(18)16-14(8-12)24-4-3-5-25-16/h6-8H,3-5,9H2,1-2H3,(H,21,23)(H,19,20,22). The van der Waals surface area contributed by atoms with Crippen LogP contribution in [0.5, 0.6) is 11.5 Å². The number of amides is 1. The molecule has 7 nitrogen and oxygen atoms in total. The number of carbonyl (C=O) groups is 1. The van der Waals surface area contributed by atoms with Gasteiger partial charge in [-0.15, -0.1) is 0 Å². The van der Waals surface area contributed by atoms with E-state index in [2.05, 4.69) is 20.8 Å². The van der Waals surface area contributed by atoms with E-state index in [0.717, 1.165) is 23.4 Å². The second-order valence-corrected chi connectivity index (χ2v) is 6.19. The summed E-state index contributed by atoms with van der Waals surface area (Å²) in [4.78, 5) is 20.6. The molecule has 0 saturated carbocycles. The second kappa shape index (κ2) is 7.57. The van der Waals surface area contributed by atoms with E-state index >= 15 is 0 Å². The van der Waals surface area contributed by atoms with Crippen LogP contribution in [-0.2, 0) is 11.2 Å². The van der Waals surface area contributed by atoms with E-state index in [1.54, 1.807) is 12.1 Å². The van der Waals surface area contributed by atoms with Crippen LogP contribution >= 0.6 is 11.6 Å². The Labute approximate surface area is 150 Å². The fourth-order valence-electron chi connectivity index (χ4n) is 2.52. The van der Waals surface area contributed by atoms with Gasteiger partial charge in [0.2, 0.25) is 11.9 Å². The third-order valence-corrected chi connectivity index (χ3v) is 3.80. The molecule has 25 heavy (non-hydrogen) atoms. The average molecular weight is 363 g/mol. The molecule has 132 valence electrons. The SMILES string of the molecule is Cc1cc(C)nc(NNC(=O)Cc2cc(Cl)c3c(c2)OCCCO3)n1. The smallest absolute Gasteiger partial charge is 0.242 e. The van der Waals surface area contributed by atoms with Gasteiger partial charge in [0.25, 0.3) is 0 Å². The first kappa shape index (κ1) is 17.3. The molecule has 1 aromatic carbocycles. The summed E-state index contributed by atoms with van der Waals surface area (Å²) in [5.41, 5.74) is 7.68. The first-order valence-corrected chi connectivity index (χ1v) is 8.34. The van der Waals surface area contributed by atoms with Crippen LogP contribution in [0.4, 0.5) is 5.95 Å². The van der Waals surface area contributed by atoms with Gasteiger partial charge in [0.1, 0.15) is 0 Å². The Morgan fingerprint density at radius 3 is 2.64 bits per heavy atom. The molecule has 2 N–H and O–H groups in total. The van der Waals surface area contributed by atoms with Crippen molar-refractivity contribution in [2.45, 2.75) is 26.7 Å². The molecular formula is C17H19ClN4O3. The van der Waals surface area contributed by atoms with Gasteiger partial charge in [-0.2, -0.15) is 0 Å². The van der Waals surface area contributed by atoms with Gasteiger partial charge in [-0.05, 0) is 37.6 Å². The molecule has 0 saturated heterocycles. The van der Waals surface area contributed by atoms with E-state index in [-0.39, 0.29) is 12.3 Å². The Bertz CT molecular complexity index is 777. The molecule has 1 aliphatic heterocycles. The Morgan fingerprint density at radius 1 is 1.16 bits per heavy atom. The number of ether oxygens (including phenoxy) is 2. The van der Waals surface area contributed by atoms with E-state index in [9.17, 15) is 4.79 Å². The highest BCUT2D eigenvalue weighted by molar-refractivity contribution is 6.32. The summed E-state index contributed by atoms with van der Waals surface area (Å²) in [6.07, 6.45) is 0.925. The molecule has 0 fully saturated rings. The molecule has 0 bridgehead atoms. The third-order valence-electron chi connectivity index (χ3n) is 3.52. The number of benzene rings is 1. The molecule has 0 atom stereocenters. The first-order chi connectivity index (χ1) is 12.0. The molecule has 1 aromatic heterocycles. The number of rotatable bonds is 4. The highest BCUT2D eigenvalue weighted by Crippen LogP contribution is 2.38. The molecule has 0 aliphatic carbocycles. The number of hydrazine groups is 1. The minimum Gasteiger partial charge on any atom is -0.489 e. The van der Waals surface area contributed by atoms with E-state index in [4.69, 9.17) is 21.1 Å². The van der Waals surface area contributed by atoms with Crippen LogP contribution < -0.4 is 20.3 Å². The van der Waals surface area contributed by atoms with Crippen molar-refractivity contribution >= 4 is 23.5 Å². The molecule has 0 unspecified atom stereocenters. The Balaban J connectivity index is 1.64. The van der Waals surface area contributed by atoms with Crippen LogP contribution in [0.3, 0.4) is 0 Å². The summed E-state index contributed by atoms with van der Waals surface area (Å²) in [7, 11) is 0. The quantitative estimate of drug-likeness (QED) is 0.813. The molecule has 0 radical (unpaired) electrons. The summed E-state index contributed by atoms with van der Waals surface area (Å²) < 4.78 is 11.2. The predicted molar refractivity (Wildman–Crippen MR) is 94.0 cm³/mol. The van der Waals surface area contributed by atoms with Crippen molar-refractivity contribution < 1.29 is 14.3 Å². The average Bonchev–Trinajstić information content (AvgIpc) is 2.78. The van der Waals surface area contributed by atoms with Crippen LogP contribution in [0.15, 0.2) is 18.2 Å². The molecule has 1 amide bonds. The lowest BCUT2D eigenvalue weighted by Gasteiger charge is -2.12. The van der Waals surface area contributed by atoms with Gasteiger partial charge in [0, 0.05) is 17.8 Å². The third kappa shape index (κ3) is 4.51. The Hall–Kier alpha value is -2.54. The van der Waals surface area contributed by atoms with Crippen molar-refractivity contribution in [3.63, 3.8) is 0 Å². The van der Waals surface area contributed by atoms with Gasteiger partial charge in [-0.25, -0.2) is 9.97 Å². The zero-order valence-electron chi connectivity index (χ0n) is 14.1. The van der Waals surface area contributed by atoms with Gasteiger partial charge in [0.15, 0.2) is 11.5 Å². The lowest BCUT2D eigenvalue weighted by Crippen LogP contribution is -2.31. The molecule has 1 aliphatic rings. The fourth-order valence-corrected chi connectivity index (χ4v) is 2.81. The number of halogens is 1. The summed E-state index contributed by atoms with van der Waals surface area (Å²) in [5, 5.41) is 0.438. The van der Waals surface area contributed by atoms with Crippen LogP contribution in [0.2, 0.25) is 5.02 Å². The van der Waals surface area contributed by atoms with E-state index < -0.39 is 0 Å². The van der Waals surface area contributed by atoms with Crippen molar-refractivity contribution in [2.75, 3.05) is 18.6 Å². The van der Waals surface area contributed by atoms with Crippen LogP contribution in [0, 0.1) is 13.8 Å². The maximum Gasteiger partial charge on any atom is 0.242 e. The highest BCUT2D eigenvalue weighted by atomic mass is 35.5. The largest absolute Gasteiger partial charge is 0.489 e. The molecular weight excluding hydrogens is 344 g/mol. The zero-order chi connectivity index (χ0) is 17.8. The lowest BCUT2D eigenvalue weighted by molar-refractivity contribution is -0.119. The fraction of sp³-hybridized carbons (Fsp3) is 0.353. The summed E-state index contributed by atoms with van der Waals surface area (Å²) in [5.74, 6) is 1.21. The van der Waals surface area contributed by atoms with Gasteiger partial charge in [0.05, 0.1) is 24.7 Å². The first-order valence-electron chi connectivity index (χ1n) is 7.96. The number of anilines is 1. The zero-order valence-corrected chi connectivity index (χ0v) is 14.8. The predicted octanol–water partition coefficient (Wildman–Crippen LogP) is 2.59.